The van der Waals surface area contributed by atoms with Crippen LogP contribution < -0.4 is 5.32 Å². The fourth-order valence-electron chi connectivity index (χ4n) is 0.723. The van der Waals surface area contributed by atoms with Gasteiger partial charge in [-0.15, -0.1) is 0 Å². The molecule has 3 heteroatoms. The maximum atomic E-state index is 8.50. The summed E-state index contributed by atoms with van der Waals surface area (Å²) in [5.41, 5.74) is 0. The van der Waals surface area contributed by atoms with Gasteiger partial charge in [-0.05, 0) is 26.3 Å². The minimum atomic E-state index is 0.229. The summed E-state index contributed by atoms with van der Waals surface area (Å²) in [5.74, 6) is 0. The zero-order chi connectivity index (χ0) is 7.82. The third-order valence-electron chi connectivity index (χ3n) is 1.39. The molecule has 0 amide bonds. The maximum absolute atomic E-state index is 8.50. The SMILES string of the molecule is CC(CCO)NCCCO. The quantitative estimate of drug-likeness (QED) is 0.453. The molecular weight excluding hydrogens is 130 g/mol. The molecule has 0 aromatic rings. The molecule has 0 bridgehead atoms. The van der Waals surface area contributed by atoms with E-state index in [1.165, 1.54) is 0 Å². The molecular formula is C7H17NO2. The lowest BCUT2D eigenvalue weighted by molar-refractivity contribution is 0.260. The molecule has 0 heterocycles. The van der Waals surface area contributed by atoms with E-state index in [0.29, 0.717) is 6.04 Å². The minimum absolute atomic E-state index is 0.229. The number of hydrogen-bond acceptors (Lipinski definition) is 3. The van der Waals surface area contributed by atoms with E-state index in [1.807, 2.05) is 6.92 Å². The molecule has 0 aromatic heterocycles. The Bertz CT molecular complexity index is 68.6. The van der Waals surface area contributed by atoms with Crippen molar-refractivity contribution < 1.29 is 10.2 Å². The first-order valence-corrected chi connectivity index (χ1v) is 3.76. The zero-order valence-corrected chi connectivity index (χ0v) is 6.51. The second kappa shape index (κ2) is 6.99. The van der Waals surface area contributed by atoms with Gasteiger partial charge in [-0.2, -0.15) is 0 Å². The second-order valence-corrected chi connectivity index (χ2v) is 2.44. The van der Waals surface area contributed by atoms with E-state index in [1.54, 1.807) is 0 Å². The Labute approximate surface area is 62.1 Å². The van der Waals surface area contributed by atoms with Gasteiger partial charge in [-0.25, -0.2) is 0 Å². The predicted molar refractivity (Wildman–Crippen MR) is 40.9 cm³/mol. The highest BCUT2D eigenvalue weighted by atomic mass is 16.3. The van der Waals surface area contributed by atoms with Gasteiger partial charge in [0.05, 0.1) is 0 Å². The molecule has 0 aliphatic heterocycles. The number of nitrogens with one attached hydrogen (secondary N) is 1. The highest BCUT2D eigenvalue weighted by Crippen LogP contribution is 1.87. The summed E-state index contributed by atoms with van der Waals surface area (Å²) in [6, 6.07) is 0.358. The average molecular weight is 147 g/mol. The van der Waals surface area contributed by atoms with Crippen LogP contribution in [0.25, 0.3) is 0 Å². The maximum Gasteiger partial charge on any atom is 0.0445 e. The average Bonchev–Trinajstić information content (AvgIpc) is 1.89. The van der Waals surface area contributed by atoms with E-state index in [-0.39, 0.29) is 13.2 Å². The molecule has 0 aliphatic carbocycles. The van der Waals surface area contributed by atoms with Crippen molar-refractivity contribution in [3.05, 3.63) is 0 Å². The first-order chi connectivity index (χ1) is 4.81. The van der Waals surface area contributed by atoms with Gasteiger partial charge >= 0.3 is 0 Å². The van der Waals surface area contributed by atoms with Crippen molar-refractivity contribution in [1.29, 1.82) is 0 Å². The lowest BCUT2D eigenvalue weighted by Crippen LogP contribution is -2.28. The molecule has 62 valence electrons. The molecule has 0 aliphatic rings. The molecule has 3 nitrogen and oxygen atoms in total. The van der Waals surface area contributed by atoms with Gasteiger partial charge in [0.1, 0.15) is 0 Å². The van der Waals surface area contributed by atoms with Crippen LogP contribution in [-0.4, -0.2) is 36.0 Å². The van der Waals surface area contributed by atoms with Crippen molar-refractivity contribution in [3.8, 4) is 0 Å². The van der Waals surface area contributed by atoms with Crippen LogP contribution in [0.15, 0.2) is 0 Å². The van der Waals surface area contributed by atoms with E-state index >= 15 is 0 Å². The van der Waals surface area contributed by atoms with Gasteiger partial charge < -0.3 is 15.5 Å². The van der Waals surface area contributed by atoms with Crippen LogP contribution in [0.1, 0.15) is 19.8 Å². The Kier molecular flexibility index (Phi) is 6.91. The Hall–Kier alpha value is -0.120. The molecule has 10 heavy (non-hydrogen) atoms. The third kappa shape index (κ3) is 6.01. The molecule has 0 rings (SSSR count). The van der Waals surface area contributed by atoms with E-state index in [2.05, 4.69) is 5.32 Å². The highest BCUT2D eigenvalue weighted by Gasteiger charge is 1.97. The van der Waals surface area contributed by atoms with Crippen LogP contribution in [-0.2, 0) is 0 Å². The van der Waals surface area contributed by atoms with Crippen molar-refractivity contribution in [3.63, 3.8) is 0 Å². The van der Waals surface area contributed by atoms with Crippen LogP contribution in [0.2, 0.25) is 0 Å². The second-order valence-electron chi connectivity index (χ2n) is 2.44. The predicted octanol–water partition coefficient (Wildman–Crippen LogP) is -0.271. The van der Waals surface area contributed by atoms with Gasteiger partial charge in [-0.1, -0.05) is 0 Å². The van der Waals surface area contributed by atoms with Crippen LogP contribution in [0.4, 0.5) is 0 Å². The molecule has 1 atom stereocenters. The molecule has 0 aromatic carbocycles. The first kappa shape index (κ1) is 9.88. The standard InChI is InChI=1S/C7H17NO2/c1-7(3-6-10)8-4-2-5-9/h7-10H,2-6H2,1H3. The monoisotopic (exact) mass is 147 g/mol. The van der Waals surface area contributed by atoms with Crippen molar-refractivity contribution in [2.45, 2.75) is 25.8 Å². The zero-order valence-electron chi connectivity index (χ0n) is 6.51. The molecule has 0 saturated heterocycles. The summed E-state index contributed by atoms with van der Waals surface area (Å²) in [6.45, 7) is 3.32. The molecule has 0 spiro atoms. The number of aliphatic hydroxyl groups excluding tert-OH is 2. The molecule has 3 N–H and O–H groups in total. The number of aliphatic hydroxyl groups is 2. The first-order valence-electron chi connectivity index (χ1n) is 3.76. The highest BCUT2D eigenvalue weighted by molar-refractivity contribution is 4.58. The fraction of sp³-hybridized carbons (Fsp3) is 1.00. The number of hydrogen-bond donors (Lipinski definition) is 3. The third-order valence-corrected chi connectivity index (χ3v) is 1.39. The van der Waals surface area contributed by atoms with Gasteiger partial charge in [0.15, 0.2) is 0 Å². The lowest BCUT2D eigenvalue weighted by atomic mass is 10.2. The Balaban J connectivity index is 2.97. The van der Waals surface area contributed by atoms with E-state index in [4.69, 9.17) is 10.2 Å². The summed E-state index contributed by atoms with van der Waals surface area (Å²) in [5, 5.41) is 20.1. The smallest absolute Gasteiger partial charge is 0.0445 e. The van der Waals surface area contributed by atoms with Crippen molar-refractivity contribution in [2.24, 2.45) is 0 Å². The Morgan fingerprint density at radius 2 is 2.00 bits per heavy atom. The largest absolute Gasteiger partial charge is 0.396 e. The van der Waals surface area contributed by atoms with Crippen molar-refractivity contribution in [1.82, 2.24) is 5.32 Å². The van der Waals surface area contributed by atoms with Gasteiger partial charge in [0.2, 0.25) is 0 Å². The van der Waals surface area contributed by atoms with Crippen LogP contribution in [0.3, 0.4) is 0 Å². The van der Waals surface area contributed by atoms with Gasteiger partial charge in [-0.3, -0.25) is 0 Å². The summed E-state index contributed by atoms with van der Waals surface area (Å²) >= 11 is 0. The Morgan fingerprint density at radius 3 is 2.50 bits per heavy atom. The summed E-state index contributed by atoms with van der Waals surface area (Å²) < 4.78 is 0. The fourth-order valence-corrected chi connectivity index (χ4v) is 0.723. The van der Waals surface area contributed by atoms with Gasteiger partial charge in [0, 0.05) is 19.3 Å². The number of rotatable bonds is 6. The summed E-state index contributed by atoms with van der Waals surface area (Å²) in [4.78, 5) is 0. The molecule has 0 saturated carbocycles. The normalized spacial score (nSPS) is 13.5. The summed E-state index contributed by atoms with van der Waals surface area (Å²) in [6.07, 6.45) is 1.57. The topological polar surface area (TPSA) is 52.5 Å². The van der Waals surface area contributed by atoms with Crippen LogP contribution in [0.5, 0.6) is 0 Å². The van der Waals surface area contributed by atoms with Crippen LogP contribution in [0, 0.1) is 0 Å². The Morgan fingerprint density at radius 1 is 1.30 bits per heavy atom. The van der Waals surface area contributed by atoms with Gasteiger partial charge in [0.25, 0.3) is 0 Å². The van der Waals surface area contributed by atoms with Crippen molar-refractivity contribution in [2.75, 3.05) is 19.8 Å². The minimum Gasteiger partial charge on any atom is -0.396 e. The van der Waals surface area contributed by atoms with E-state index in [9.17, 15) is 0 Å². The van der Waals surface area contributed by atoms with Crippen molar-refractivity contribution >= 4 is 0 Å². The van der Waals surface area contributed by atoms with E-state index in [0.717, 1.165) is 19.4 Å². The molecule has 0 fully saturated rings. The summed E-state index contributed by atoms with van der Waals surface area (Å²) in [7, 11) is 0. The molecule has 1 unspecified atom stereocenters. The molecule has 0 radical (unpaired) electrons. The van der Waals surface area contributed by atoms with Crippen LogP contribution >= 0.6 is 0 Å². The van der Waals surface area contributed by atoms with E-state index < -0.39 is 0 Å². The lowest BCUT2D eigenvalue weighted by Gasteiger charge is -2.10.